The molecule has 3 aromatic rings. The quantitative estimate of drug-likeness (QED) is 0.535. The van der Waals surface area contributed by atoms with Crippen LogP contribution in [0.25, 0.3) is 5.69 Å². The largest absolute Gasteiger partial charge is 0.378 e. The predicted octanol–water partition coefficient (Wildman–Crippen LogP) is 2.62. The van der Waals surface area contributed by atoms with Crippen molar-refractivity contribution >= 4 is 40.4 Å². The van der Waals surface area contributed by atoms with E-state index >= 15 is 0 Å². The van der Waals surface area contributed by atoms with Crippen molar-refractivity contribution < 1.29 is 14.3 Å². The number of ether oxygens (including phenoxy) is 1. The van der Waals surface area contributed by atoms with Crippen LogP contribution in [0, 0.1) is 0 Å². The standard InChI is InChI=1S/C23H23ClN4O4S/c1-32-18-13-27(12-17(18)26-23(31)19-9-10-20(24)33-19)14-21(29)25-15-5-7-16(8-6-15)28-11-3-2-4-22(28)30/h2-11,17-18H,12-14H2,1H3,(H,25,29)(H,26,31)/t17-,18-/m0/s1. The number of rotatable bonds is 7. The lowest BCUT2D eigenvalue weighted by Crippen LogP contribution is -2.43. The molecule has 1 aromatic carbocycles. The van der Waals surface area contributed by atoms with Gasteiger partial charge in [0.25, 0.3) is 11.5 Å². The van der Waals surface area contributed by atoms with Crippen LogP contribution in [-0.4, -0.2) is 60.2 Å². The summed E-state index contributed by atoms with van der Waals surface area (Å²) in [7, 11) is 1.59. The third kappa shape index (κ3) is 5.69. The molecular formula is C23H23ClN4O4S. The fraction of sp³-hybridized carbons (Fsp3) is 0.261. The Kier molecular flexibility index (Phi) is 7.24. The first kappa shape index (κ1) is 23.2. The summed E-state index contributed by atoms with van der Waals surface area (Å²) in [5.41, 5.74) is 1.22. The van der Waals surface area contributed by atoms with Gasteiger partial charge in [-0.05, 0) is 42.5 Å². The predicted molar refractivity (Wildman–Crippen MR) is 128 cm³/mol. The number of carbonyl (C=O) groups is 2. The van der Waals surface area contributed by atoms with Crippen molar-refractivity contribution in [1.29, 1.82) is 0 Å². The van der Waals surface area contributed by atoms with Crippen molar-refractivity contribution in [2.75, 3.05) is 32.1 Å². The van der Waals surface area contributed by atoms with E-state index in [1.165, 1.54) is 22.0 Å². The number of thiophene rings is 1. The number of methoxy groups -OCH3 is 1. The van der Waals surface area contributed by atoms with Crippen LogP contribution in [-0.2, 0) is 9.53 Å². The highest BCUT2D eigenvalue weighted by Gasteiger charge is 2.35. The smallest absolute Gasteiger partial charge is 0.261 e. The van der Waals surface area contributed by atoms with Crippen LogP contribution in [0.3, 0.4) is 0 Å². The number of likely N-dealkylation sites (tertiary alicyclic amines) is 1. The zero-order valence-electron chi connectivity index (χ0n) is 17.9. The van der Waals surface area contributed by atoms with E-state index < -0.39 is 0 Å². The van der Waals surface area contributed by atoms with E-state index in [1.54, 1.807) is 61.8 Å². The summed E-state index contributed by atoms with van der Waals surface area (Å²) in [5.74, 6) is -0.380. The maximum Gasteiger partial charge on any atom is 0.261 e. The Morgan fingerprint density at radius 2 is 1.91 bits per heavy atom. The summed E-state index contributed by atoms with van der Waals surface area (Å²) in [6.07, 6.45) is 1.47. The molecule has 1 fully saturated rings. The van der Waals surface area contributed by atoms with Crippen LogP contribution in [0.2, 0.25) is 4.34 Å². The molecule has 0 radical (unpaired) electrons. The number of benzene rings is 1. The minimum absolute atomic E-state index is 0.125. The van der Waals surface area contributed by atoms with Crippen LogP contribution in [0.1, 0.15) is 9.67 Å². The second-order valence-electron chi connectivity index (χ2n) is 7.66. The number of hydrogen-bond donors (Lipinski definition) is 2. The first-order chi connectivity index (χ1) is 15.9. The van der Waals surface area contributed by atoms with Gasteiger partial charge in [-0.3, -0.25) is 23.9 Å². The third-order valence-corrected chi connectivity index (χ3v) is 6.61. The Hall–Kier alpha value is -2.98. The number of halogens is 1. The molecule has 33 heavy (non-hydrogen) atoms. The minimum atomic E-state index is -0.236. The van der Waals surface area contributed by atoms with Gasteiger partial charge in [0.05, 0.1) is 27.9 Å². The summed E-state index contributed by atoms with van der Waals surface area (Å²) in [6, 6.07) is 15.2. The molecule has 1 aliphatic rings. The summed E-state index contributed by atoms with van der Waals surface area (Å²) in [4.78, 5) is 39.5. The Labute approximate surface area is 199 Å². The lowest BCUT2D eigenvalue weighted by atomic mass is 10.2. The Morgan fingerprint density at radius 3 is 2.58 bits per heavy atom. The van der Waals surface area contributed by atoms with E-state index in [0.29, 0.717) is 33.7 Å². The van der Waals surface area contributed by atoms with E-state index in [-0.39, 0.29) is 36.1 Å². The maximum absolute atomic E-state index is 12.6. The van der Waals surface area contributed by atoms with E-state index in [9.17, 15) is 14.4 Å². The first-order valence-corrected chi connectivity index (χ1v) is 11.5. The van der Waals surface area contributed by atoms with E-state index in [0.717, 1.165) is 0 Å². The van der Waals surface area contributed by atoms with Gasteiger partial charge in [-0.25, -0.2) is 0 Å². The molecule has 0 unspecified atom stereocenters. The number of carbonyl (C=O) groups excluding carboxylic acids is 2. The molecule has 0 saturated carbocycles. The van der Waals surface area contributed by atoms with Crippen LogP contribution >= 0.6 is 22.9 Å². The molecule has 10 heteroatoms. The SMILES string of the molecule is CO[C@H]1CN(CC(=O)Nc2ccc(-n3ccccc3=O)cc2)C[C@@H]1NC(=O)c1ccc(Cl)s1. The number of pyridine rings is 1. The fourth-order valence-electron chi connectivity index (χ4n) is 3.78. The maximum atomic E-state index is 12.6. The van der Waals surface area contributed by atoms with Crippen molar-refractivity contribution in [3.8, 4) is 5.69 Å². The second-order valence-corrected chi connectivity index (χ2v) is 9.37. The average molecular weight is 487 g/mol. The first-order valence-electron chi connectivity index (χ1n) is 10.3. The van der Waals surface area contributed by atoms with Crippen LogP contribution in [0.15, 0.2) is 65.6 Å². The second kappa shape index (κ2) is 10.3. The van der Waals surface area contributed by atoms with Gasteiger partial charge in [0.1, 0.15) is 0 Å². The zero-order chi connectivity index (χ0) is 23.4. The van der Waals surface area contributed by atoms with Crippen LogP contribution < -0.4 is 16.2 Å². The van der Waals surface area contributed by atoms with Gasteiger partial charge < -0.3 is 15.4 Å². The monoisotopic (exact) mass is 486 g/mol. The van der Waals surface area contributed by atoms with Crippen molar-refractivity contribution in [1.82, 2.24) is 14.8 Å². The number of anilines is 1. The van der Waals surface area contributed by atoms with Crippen molar-refractivity contribution in [3.63, 3.8) is 0 Å². The van der Waals surface area contributed by atoms with Gasteiger partial charge >= 0.3 is 0 Å². The Bertz CT molecular complexity index is 1190. The van der Waals surface area contributed by atoms with Crippen LogP contribution in [0.4, 0.5) is 5.69 Å². The summed E-state index contributed by atoms with van der Waals surface area (Å²) in [6.45, 7) is 1.18. The molecule has 1 aliphatic heterocycles. The lowest BCUT2D eigenvalue weighted by molar-refractivity contribution is -0.117. The molecule has 172 valence electrons. The molecule has 0 bridgehead atoms. The molecule has 4 rings (SSSR count). The van der Waals surface area contributed by atoms with Crippen molar-refractivity contribution in [2.24, 2.45) is 0 Å². The van der Waals surface area contributed by atoms with E-state index in [1.807, 2.05) is 4.90 Å². The lowest BCUT2D eigenvalue weighted by Gasteiger charge is -2.18. The average Bonchev–Trinajstić information content (AvgIpc) is 3.40. The topological polar surface area (TPSA) is 92.7 Å². The minimum Gasteiger partial charge on any atom is -0.378 e. The van der Waals surface area contributed by atoms with Crippen molar-refractivity contribution in [3.05, 3.63) is 80.4 Å². The van der Waals surface area contributed by atoms with Gasteiger partial charge in [-0.1, -0.05) is 17.7 Å². The third-order valence-electron chi connectivity index (χ3n) is 5.38. The van der Waals surface area contributed by atoms with E-state index in [4.69, 9.17) is 16.3 Å². The van der Waals surface area contributed by atoms with Crippen LogP contribution in [0.5, 0.6) is 0 Å². The number of nitrogens with one attached hydrogen (secondary N) is 2. The molecule has 2 N–H and O–H groups in total. The zero-order valence-corrected chi connectivity index (χ0v) is 19.4. The highest BCUT2D eigenvalue weighted by molar-refractivity contribution is 7.18. The summed E-state index contributed by atoms with van der Waals surface area (Å²) in [5, 5.41) is 5.85. The highest BCUT2D eigenvalue weighted by Crippen LogP contribution is 2.22. The Balaban J connectivity index is 1.32. The molecule has 2 aromatic heterocycles. The molecule has 1 saturated heterocycles. The molecule has 8 nitrogen and oxygen atoms in total. The summed E-state index contributed by atoms with van der Waals surface area (Å²) >= 11 is 7.13. The van der Waals surface area contributed by atoms with Crippen molar-refractivity contribution in [2.45, 2.75) is 12.1 Å². The van der Waals surface area contributed by atoms with Gasteiger partial charge in [0.15, 0.2) is 0 Å². The Morgan fingerprint density at radius 1 is 1.12 bits per heavy atom. The molecule has 3 heterocycles. The number of amides is 2. The fourth-order valence-corrected chi connectivity index (χ4v) is 4.73. The highest BCUT2D eigenvalue weighted by atomic mass is 35.5. The van der Waals surface area contributed by atoms with Gasteiger partial charge in [0.2, 0.25) is 5.91 Å². The molecule has 2 atom stereocenters. The van der Waals surface area contributed by atoms with Gasteiger partial charge in [-0.2, -0.15) is 0 Å². The van der Waals surface area contributed by atoms with E-state index in [2.05, 4.69) is 10.6 Å². The number of aromatic nitrogens is 1. The number of nitrogens with zero attached hydrogens (tertiary/aromatic N) is 2. The molecule has 0 spiro atoms. The van der Waals surface area contributed by atoms with Gasteiger partial charge in [-0.15, -0.1) is 11.3 Å². The molecule has 2 amide bonds. The normalized spacial score (nSPS) is 18.2. The molecular weight excluding hydrogens is 464 g/mol. The van der Waals surface area contributed by atoms with Gasteiger partial charge in [0, 0.05) is 43.8 Å². The number of hydrogen-bond acceptors (Lipinski definition) is 6. The molecule has 0 aliphatic carbocycles. The summed E-state index contributed by atoms with van der Waals surface area (Å²) < 4.78 is 7.60.